The summed E-state index contributed by atoms with van der Waals surface area (Å²) in [6.07, 6.45) is 0.783. The third-order valence-corrected chi connectivity index (χ3v) is 6.15. The number of aromatic nitrogens is 3. The van der Waals surface area contributed by atoms with Crippen molar-refractivity contribution in [3.8, 4) is 11.3 Å². The molecule has 3 aromatic carbocycles. The molecule has 164 valence electrons. The van der Waals surface area contributed by atoms with E-state index < -0.39 is 0 Å². The van der Waals surface area contributed by atoms with E-state index in [1.165, 1.54) is 0 Å². The fourth-order valence-corrected chi connectivity index (χ4v) is 4.32. The highest BCUT2D eigenvalue weighted by Crippen LogP contribution is 2.24. The third-order valence-electron chi connectivity index (χ3n) is 4.98. The van der Waals surface area contributed by atoms with Gasteiger partial charge >= 0.3 is 0 Å². The monoisotopic (exact) mass is 504 g/mol. The lowest BCUT2D eigenvalue weighted by molar-refractivity contribution is 0.577. The minimum absolute atomic E-state index is 0.455. The Bertz CT molecular complexity index is 1210. The van der Waals surface area contributed by atoms with E-state index in [2.05, 4.69) is 5.32 Å². The largest absolute Gasteiger partial charge is 0.311 e. The predicted octanol–water partition coefficient (Wildman–Crippen LogP) is 6.94. The third kappa shape index (κ3) is 5.83. The Labute approximate surface area is 207 Å². The number of hydrogen-bond acceptors (Lipinski definition) is 3. The van der Waals surface area contributed by atoms with Crippen molar-refractivity contribution < 1.29 is 0 Å². The Balaban J connectivity index is 1.49. The first-order valence-corrected chi connectivity index (χ1v) is 11.6. The number of nitrogens with one attached hydrogen (secondary N) is 1. The van der Waals surface area contributed by atoms with Crippen LogP contribution < -0.4 is 5.32 Å². The minimum atomic E-state index is 0.455. The van der Waals surface area contributed by atoms with Gasteiger partial charge in [-0.05, 0) is 48.4 Å². The highest BCUT2D eigenvalue weighted by molar-refractivity contribution is 6.35. The molecule has 0 aliphatic carbocycles. The lowest BCUT2D eigenvalue weighted by Gasteiger charge is -2.06. The molecule has 0 bridgehead atoms. The lowest BCUT2D eigenvalue weighted by atomic mass is 10.1. The van der Waals surface area contributed by atoms with Crippen molar-refractivity contribution in [2.24, 2.45) is 0 Å². The molecule has 0 aliphatic rings. The average molecular weight is 506 g/mol. The molecule has 0 saturated carbocycles. The molecule has 0 amide bonds. The molecule has 4 aromatic rings. The molecule has 0 unspecified atom stereocenters. The van der Waals surface area contributed by atoms with Crippen molar-refractivity contribution in [3.05, 3.63) is 104 Å². The first-order chi connectivity index (χ1) is 15.5. The summed E-state index contributed by atoms with van der Waals surface area (Å²) in [4.78, 5) is 1.67. The van der Waals surface area contributed by atoms with E-state index in [1.54, 1.807) is 16.9 Å². The Hall–Kier alpha value is -2.08. The van der Waals surface area contributed by atoms with E-state index in [4.69, 9.17) is 56.6 Å². The van der Waals surface area contributed by atoms with Crippen LogP contribution in [0.1, 0.15) is 16.8 Å². The summed E-state index contributed by atoms with van der Waals surface area (Å²) >= 11 is 24.6. The van der Waals surface area contributed by atoms with Crippen molar-refractivity contribution in [2.75, 3.05) is 6.54 Å². The van der Waals surface area contributed by atoms with E-state index in [0.29, 0.717) is 33.2 Å². The first kappa shape index (κ1) is 23.1. The summed E-state index contributed by atoms with van der Waals surface area (Å²) in [6.45, 7) is 1.77. The Morgan fingerprint density at radius 1 is 0.750 bits per heavy atom. The van der Waals surface area contributed by atoms with Gasteiger partial charge in [0.2, 0.25) is 0 Å². The molecule has 1 heterocycles. The van der Waals surface area contributed by atoms with Crippen LogP contribution in [0.3, 0.4) is 0 Å². The van der Waals surface area contributed by atoms with Gasteiger partial charge in [-0.2, -0.15) is 15.0 Å². The molecule has 0 fully saturated rings. The predicted molar refractivity (Wildman–Crippen MR) is 133 cm³/mol. The van der Waals surface area contributed by atoms with Crippen molar-refractivity contribution in [3.63, 3.8) is 0 Å². The summed E-state index contributed by atoms with van der Waals surface area (Å²) in [5.74, 6) is 0. The van der Waals surface area contributed by atoms with Gasteiger partial charge in [0.25, 0.3) is 0 Å². The first-order valence-electron chi connectivity index (χ1n) is 10.1. The molecular weight excluding hydrogens is 486 g/mol. The second kappa shape index (κ2) is 10.7. The Morgan fingerprint density at radius 2 is 1.41 bits per heavy atom. The second-order valence-electron chi connectivity index (χ2n) is 7.29. The highest BCUT2D eigenvalue weighted by Gasteiger charge is 2.14. The van der Waals surface area contributed by atoms with Crippen molar-refractivity contribution in [1.29, 1.82) is 0 Å². The van der Waals surface area contributed by atoms with Gasteiger partial charge in [-0.1, -0.05) is 88.9 Å². The molecule has 8 heteroatoms. The van der Waals surface area contributed by atoms with Gasteiger partial charge in [-0.15, -0.1) is 0 Å². The van der Waals surface area contributed by atoms with E-state index in [-0.39, 0.29) is 0 Å². The molecule has 0 radical (unpaired) electrons. The van der Waals surface area contributed by atoms with Crippen LogP contribution in [0.4, 0.5) is 0 Å². The van der Waals surface area contributed by atoms with E-state index >= 15 is 0 Å². The van der Waals surface area contributed by atoms with Crippen LogP contribution in [-0.4, -0.2) is 21.5 Å². The maximum atomic E-state index is 6.34. The number of benzene rings is 3. The SMILES string of the molecule is Clc1ccc(CCNCc2nn(Cc3ccc(Cl)cc3Cl)nc2-c2ccccc2)c(Cl)c1. The number of rotatable bonds is 8. The second-order valence-corrected chi connectivity index (χ2v) is 8.98. The molecule has 0 aliphatic heterocycles. The summed E-state index contributed by atoms with van der Waals surface area (Å²) in [7, 11) is 0. The van der Waals surface area contributed by atoms with Gasteiger partial charge in [0.05, 0.1) is 6.54 Å². The van der Waals surface area contributed by atoms with Gasteiger partial charge in [-0.25, -0.2) is 0 Å². The molecular formula is C24H20Cl4N4. The van der Waals surface area contributed by atoms with E-state index in [9.17, 15) is 0 Å². The van der Waals surface area contributed by atoms with Crippen LogP contribution in [0.25, 0.3) is 11.3 Å². The van der Waals surface area contributed by atoms with Gasteiger partial charge < -0.3 is 5.32 Å². The summed E-state index contributed by atoms with van der Waals surface area (Å²) < 4.78 is 0. The van der Waals surface area contributed by atoms with Gasteiger partial charge in [0.15, 0.2) is 0 Å². The van der Waals surface area contributed by atoms with Gasteiger partial charge in [0, 0.05) is 32.2 Å². The fourth-order valence-electron chi connectivity index (χ4n) is 3.35. The van der Waals surface area contributed by atoms with E-state index in [0.717, 1.165) is 41.0 Å². The molecule has 32 heavy (non-hydrogen) atoms. The lowest BCUT2D eigenvalue weighted by Crippen LogP contribution is -2.18. The van der Waals surface area contributed by atoms with Crippen molar-refractivity contribution in [2.45, 2.75) is 19.5 Å². The molecule has 4 rings (SSSR count). The number of halogens is 4. The summed E-state index contributed by atoms with van der Waals surface area (Å²) in [6, 6.07) is 21.0. The van der Waals surface area contributed by atoms with Crippen LogP contribution >= 0.6 is 46.4 Å². The zero-order valence-corrected chi connectivity index (χ0v) is 20.1. The number of hydrogen-bond donors (Lipinski definition) is 1. The Morgan fingerprint density at radius 3 is 2.06 bits per heavy atom. The summed E-state index contributed by atoms with van der Waals surface area (Å²) in [5, 5.41) is 15.4. The van der Waals surface area contributed by atoms with Crippen LogP contribution in [0.2, 0.25) is 20.1 Å². The molecule has 0 spiro atoms. The standard InChI is InChI=1S/C24H20Cl4N4/c25-19-8-6-16(21(27)12-19)10-11-29-14-23-24(17-4-2-1-3-5-17)31-32(30-23)15-18-7-9-20(26)13-22(18)28/h1-9,12-13,29H,10-11,14-15H2. The zero-order chi connectivity index (χ0) is 22.5. The minimum Gasteiger partial charge on any atom is -0.311 e. The molecule has 1 N–H and O–H groups in total. The average Bonchev–Trinajstić information content (AvgIpc) is 3.18. The van der Waals surface area contributed by atoms with Crippen molar-refractivity contribution >= 4 is 46.4 Å². The fraction of sp³-hybridized carbons (Fsp3) is 0.167. The van der Waals surface area contributed by atoms with Crippen LogP contribution in [0.5, 0.6) is 0 Å². The van der Waals surface area contributed by atoms with Gasteiger partial charge in [-0.3, -0.25) is 0 Å². The quantitative estimate of drug-likeness (QED) is 0.264. The maximum absolute atomic E-state index is 6.34. The molecule has 1 aromatic heterocycles. The molecule has 0 atom stereocenters. The molecule has 4 nitrogen and oxygen atoms in total. The van der Waals surface area contributed by atoms with Crippen LogP contribution in [0, 0.1) is 0 Å². The van der Waals surface area contributed by atoms with Gasteiger partial charge in [0.1, 0.15) is 11.4 Å². The smallest absolute Gasteiger partial charge is 0.117 e. The topological polar surface area (TPSA) is 42.7 Å². The van der Waals surface area contributed by atoms with E-state index in [1.807, 2.05) is 54.6 Å². The van der Waals surface area contributed by atoms with Crippen LogP contribution in [0.15, 0.2) is 66.7 Å². The maximum Gasteiger partial charge on any atom is 0.117 e. The Kier molecular flexibility index (Phi) is 7.71. The normalized spacial score (nSPS) is 11.1. The zero-order valence-electron chi connectivity index (χ0n) is 17.0. The van der Waals surface area contributed by atoms with Crippen LogP contribution in [-0.2, 0) is 19.5 Å². The summed E-state index contributed by atoms with van der Waals surface area (Å²) in [5.41, 5.74) is 4.67. The van der Waals surface area contributed by atoms with Crippen molar-refractivity contribution in [1.82, 2.24) is 20.3 Å². The highest BCUT2D eigenvalue weighted by atomic mass is 35.5. The molecule has 0 saturated heterocycles. The number of nitrogens with zero attached hydrogens (tertiary/aromatic N) is 3.